The third-order valence-corrected chi connectivity index (χ3v) is 1.71. The standard InChI is InChI=1S/C7H6ClN3/c1-5-2-9-7-10-3-6(8)4-11(5)7/h2-4H,1H3. The molecule has 2 rings (SSSR count). The number of fused-ring (bicyclic) bond motifs is 1. The summed E-state index contributed by atoms with van der Waals surface area (Å²) in [6.07, 6.45) is 5.15. The minimum atomic E-state index is 0.624. The van der Waals surface area contributed by atoms with Gasteiger partial charge in [0.1, 0.15) is 0 Å². The van der Waals surface area contributed by atoms with E-state index in [9.17, 15) is 0 Å². The second-order valence-electron chi connectivity index (χ2n) is 2.34. The van der Waals surface area contributed by atoms with Gasteiger partial charge in [0.05, 0.1) is 17.4 Å². The van der Waals surface area contributed by atoms with Gasteiger partial charge in [0.25, 0.3) is 0 Å². The van der Waals surface area contributed by atoms with Crippen molar-refractivity contribution >= 4 is 17.4 Å². The van der Waals surface area contributed by atoms with Crippen molar-refractivity contribution in [3.8, 4) is 0 Å². The molecule has 0 amide bonds. The number of nitrogens with zero attached hydrogens (tertiary/aromatic N) is 3. The second kappa shape index (κ2) is 2.20. The van der Waals surface area contributed by atoms with Gasteiger partial charge in [-0.15, -0.1) is 0 Å². The van der Waals surface area contributed by atoms with Crippen LogP contribution in [0.4, 0.5) is 0 Å². The lowest BCUT2D eigenvalue weighted by Crippen LogP contribution is -1.88. The van der Waals surface area contributed by atoms with Gasteiger partial charge in [-0.2, -0.15) is 0 Å². The van der Waals surface area contributed by atoms with Crippen molar-refractivity contribution in [2.45, 2.75) is 6.92 Å². The fourth-order valence-electron chi connectivity index (χ4n) is 0.964. The maximum absolute atomic E-state index is 5.74. The van der Waals surface area contributed by atoms with E-state index in [-0.39, 0.29) is 0 Å². The summed E-state index contributed by atoms with van der Waals surface area (Å²) in [5.74, 6) is 0.687. The minimum Gasteiger partial charge on any atom is -0.287 e. The van der Waals surface area contributed by atoms with Gasteiger partial charge in [-0.25, -0.2) is 9.97 Å². The van der Waals surface area contributed by atoms with Gasteiger partial charge in [0.15, 0.2) is 0 Å². The zero-order valence-electron chi connectivity index (χ0n) is 5.95. The molecule has 3 nitrogen and oxygen atoms in total. The van der Waals surface area contributed by atoms with Gasteiger partial charge >= 0.3 is 0 Å². The van der Waals surface area contributed by atoms with Crippen LogP contribution >= 0.6 is 11.6 Å². The van der Waals surface area contributed by atoms with Crippen LogP contribution in [0.2, 0.25) is 5.02 Å². The maximum Gasteiger partial charge on any atom is 0.233 e. The van der Waals surface area contributed by atoms with E-state index in [0.29, 0.717) is 10.8 Å². The van der Waals surface area contributed by atoms with E-state index in [0.717, 1.165) is 5.69 Å². The highest BCUT2D eigenvalue weighted by Gasteiger charge is 1.98. The molecule has 0 spiro atoms. The Kier molecular flexibility index (Phi) is 1.32. The molecule has 0 atom stereocenters. The van der Waals surface area contributed by atoms with Crippen molar-refractivity contribution in [1.29, 1.82) is 0 Å². The Morgan fingerprint density at radius 2 is 2.09 bits per heavy atom. The SMILES string of the molecule is Cc1cnc2ncc(Cl)cn12. The normalized spacial score (nSPS) is 10.7. The lowest BCUT2D eigenvalue weighted by atomic mass is 10.5. The number of hydrogen-bond acceptors (Lipinski definition) is 2. The number of rotatable bonds is 0. The molecule has 0 unspecified atom stereocenters. The molecule has 11 heavy (non-hydrogen) atoms. The van der Waals surface area contributed by atoms with Crippen molar-refractivity contribution in [1.82, 2.24) is 14.4 Å². The molecule has 0 bridgehead atoms. The Hall–Kier alpha value is -1.09. The Balaban J connectivity index is 2.87. The van der Waals surface area contributed by atoms with Crippen LogP contribution in [-0.4, -0.2) is 14.4 Å². The van der Waals surface area contributed by atoms with Crippen LogP contribution in [0.15, 0.2) is 18.6 Å². The molecule has 0 aliphatic carbocycles. The Morgan fingerprint density at radius 1 is 1.36 bits per heavy atom. The van der Waals surface area contributed by atoms with E-state index < -0.39 is 0 Å². The first-order valence-corrected chi connectivity index (χ1v) is 3.60. The summed E-state index contributed by atoms with van der Waals surface area (Å²) in [5.41, 5.74) is 1.04. The van der Waals surface area contributed by atoms with Gasteiger partial charge in [0, 0.05) is 11.9 Å². The molecule has 0 saturated carbocycles. The molecule has 2 aromatic rings. The summed E-state index contributed by atoms with van der Waals surface area (Å²) in [5, 5.41) is 0.624. The average Bonchev–Trinajstić information content (AvgIpc) is 2.33. The monoisotopic (exact) mass is 167 g/mol. The largest absolute Gasteiger partial charge is 0.287 e. The molecule has 0 aliphatic heterocycles. The van der Waals surface area contributed by atoms with Gasteiger partial charge in [-0.1, -0.05) is 11.6 Å². The topological polar surface area (TPSA) is 30.2 Å². The van der Waals surface area contributed by atoms with Crippen molar-refractivity contribution in [2.75, 3.05) is 0 Å². The molecule has 0 saturated heterocycles. The maximum atomic E-state index is 5.74. The molecule has 0 N–H and O–H groups in total. The van der Waals surface area contributed by atoms with Crippen molar-refractivity contribution < 1.29 is 0 Å². The van der Waals surface area contributed by atoms with E-state index in [2.05, 4.69) is 9.97 Å². The van der Waals surface area contributed by atoms with Crippen molar-refractivity contribution in [3.63, 3.8) is 0 Å². The first-order valence-electron chi connectivity index (χ1n) is 3.22. The Bertz CT molecular complexity index is 393. The van der Waals surface area contributed by atoms with Crippen LogP contribution in [0.3, 0.4) is 0 Å². The van der Waals surface area contributed by atoms with Crippen LogP contribution < -0.4 is 0 Å². The lowest BCUT2D eigenvalue weighted by molar-refractivity contribution is 1.06. The summed E-state index contributed by atoms with van der Waals surface area (Å²) in [6.45, 7) is 1.96. The van der Waals surface area contributed by atoms with Crippen LogP contribution in [0.1, 0.15) is 5.69 Å². The van der Waals surface area contributed by atoms with Gasteiger partial charge in [-0.3, -0.25) is 4.40 Å². The zero-order valence-corrected chi connectivity index (χ0v) is 6.71. The lowest BCUT2D eigenvalue weighted by Gasteiger charge is -1.94. The first kappa shape index (κ1) is 6.61. The first-order chi connectivity index (χ1) is 5.27. The Morgan fingerprint density at radius 3 is 2.91 bits per heavy atom. The molecule has 0 radical (unpaired) electrons. The fraction of sp³-hybridized carbons (Fsp3) is 0.143. The second-order valence-corrected chi connectivity index (χ2v) is 2.78. The van der Waals surface area contributed by atoms with Gasteiger partial charge < -0.3 is 0 Å². The third kappa shape index (κ3) is 0.973. The number of halogens is 1. The summed E-state index contributed by atoms with van der Waals surface area (Å²) in [4.78, 5) is 8.07. The van der Waals surface area contributed by atoms with Crippen molar-refractivity contribution in [2.24, 2.45) is 0 Å². The quantitative estimate of drug-likeness (QED) is 0.598. The number of imidazole rings is 1. The molecular formula is C7H6ClN3. The molecular weight excluding hydrogens is 162 g/mol. The van der Waals surface area contributed by atoms with E-state index in [1.165, 1.54) is 0 Å². The molecule has 0 fully saturated rings. The van der Waals surface area contributed by atoms with Crippen LogP contribution in [0, 0.1) is 6.92 Å². The molecule has 2 heterocycles. The van der Waals surface area contributed by atoms with E-state index >= 15 is 0 Å². The predicted molar refractivity (Wildman–Crippen MR) is 42.7 cm³/mol. The summed E-state index contributed by atoms with van der Waals surface area (Å²) >= 11 is 5.74. The molecule has 2 aromatic heterocycles. The predicted octanol–water partition coefficient (Wildman–Crippen LogP) is 1.69. The van der Waals surface area contributed by atoms with E-state index in [4.69, 9.17) is 11.6 Å². The number of aryl methyl sites for hydroxylation is 1. The summed E-state index contributed by atoms with van der Waals surface area (Å²) in [6, 6.07) is 0. The molecule has 0 aromatic carbocycles. The third-order valence-electron chi connectivity index (χ3n) is 1.52. The smallest absolute Gasteiger partial charge is 0.233 e. The molecule has 0 aliphatic rings. The Labute approximate surface area is 68.7 Å². The van der Waals surface area contributed by atoms with Crippen LogP contribution in [-0.2, 0) is 0 Å². The van der Waals surface area contributed by atoms with Crippen LogP contribution in [0.5, 0.6) is 0 Å². The van der Waals surface area contributed by atoms with Crippen LogP contribution in [0.25, 0.3) is 5.78 Å². The van der Waals surface area contributed by atoms with Gasteiger partial charge in [-0.05, 0) is 6.92 Å². The number of hydrogen-bond donors (Lipinski definition) is 0. The van der Waals surface area contributed by atoms with E-state index in [1.54, 1.807) is 18.6 Å². The summed E-state index contributed by atoms with van der Waals surface area (Å²) in [7, 11) is 0. The fourth-order valence-corrected chi connectivity index (χ4v) is 1.11. The highest BCUT2D eigenvalue weighted by atomic mass is 35.5. The van der Waals surface area contributed by atoms with Gasteiger partial charge in [0.2, 0.25) is 5.78 Å². The summed E-state index contributed by atoms with van der Waals surface area (Å²) < 4.78 is 1.85. The van der Waals surface area contributed by atoms with Crippen molar-refractivity contribution in [3.05, 3.63) is 29.3 Å². The molecule has 56 valence electrons. The van der Waals surface area contributed by atoms with E-state index in [1.807, 2.05) is 11.3 Å². The highest BCUT2D eigenvalue weighted by Crippen LogP contribution is 2.08. The minimum absolute atomic E-state index is 0.624. The average molecular weight is 168 g/mol. The zero-order chi connectivity index (χ0) is 7.84. The highest BCUT2D eigenvalue weighted by molar-refractivity contribution is 6.30. The number of aromatic nitrogens is 3. The molecule has 4 heteroatoms.